The SMILES string of the molecule is C=C(C)C(=O)OC(O)(CCCCC)N(C)C(C)=O. The van der Waals surface area contributed by atoms with Crippen LogP contribution in [-0.4, -0.2) is 34.8 Å². The van der Waals surface area contributed by atoms with Crippen molar-refractivity contribution >= 4 is 11.9 Å². The lowest BCUT2D eigenvalue weighted by Crippen LogP contribution is -2.52. The smallest absolute Gasteiger partial charge is 0.336 e. The molecule has 18 heavy (non-hydrogen) atoms. The number of carbonyl (C=O) groups excluding carboxylic acids is 2. The van der Waals surface area contributed by atoms with Crippen LogP contribution in [0.4, 0.5) is 0 Å². The highest BCUT2D eigenvalue weighted by atomic mass is 16.7. The van der Waals surface area contributed by atoms with Crippen molar-refractivity contribution in [2.24, 2.45) is 0 Å². The van der Waals surface area contributed by atoms with Gasteiger partial charge in [-0.15, -0.1) is 0 Å². The molecule has 104 valence electrons. The van der Waals surface area contributed by atoms with Crippen molar-refractivity contribution in [1.29, 1.82) is 0 Å². The number of nitrogens with zero attached hydrogens (tertiary/aromatic N) is 1. The van der Waals surface area contributed by atoms with Crippen molar-refractivity contribution < 1.29 is 19.4 Å². The summed E-state index contributed by atoms with van der Waals surface area (Å²) in [6, 6.07) is 0. The molecule has 0 aliphatic carbocycles. The van der Waals surface area contributed by atoms with Gasteiger partial charge in [0.25, 0.3) is 5.91 Å². The highest BCUT2D eigenvalue weighted by Gasteiger charge is 2.37. The fraction of sp³-hybridized carbons (Fsp3) is 0.692. The highest BCUT2D eigenvalue weighted by molar-refractivity contribution is 5.87. The van der Waals surface area contributed by atoms with Crippen molar-refractivity contribution in [1.82, 2.24) is 4.90 Å². The van der Waals surface area contributed by atoms with E-state index in [0.29, 0.717) is 6.42 Å². The summed E-state index contributed by atoms with van der Waals surface area (Å²) in [7, 11) is 1.40. The summed E-state index contributed by atoms with van der Waals surface area (Å²) >= 11 is 0. The molecule has 0 saturated carbocycles. The second kappa shape index (κ2) is 7.16. The van der Waals surface area contributed by atoms with Crippen LogP contribution in [0, 0.1) is 0 Å². The maximum Gasteiger partial charge on any atom is 0.336 e. The van der Waals surface area contributed by atoms with E-state index in [1.54, 1.807) is 0 Å². The number of hydrogen-bond acceptors (Lipinski definition) is 4. The van der Waals surface area contributed by atoms with Crippen LogP contribution in [-0.2, 0) is 14.3 Å². The molecule has 0 aliphatic heterocycles. The number of amides is 1. The third-order valence-electron chi connectivity index (χ3n) is 2.71. The quantitative estimate of drug-likeness (QED) is 0.327. The average molecular weight is 257 g/mol. The van der Waals surface area contributed by atoms with Gasteiger partial charge in [0.05, 0.1) is 0 Å². The van der Waals surface area contributed by atoms with E-state index in [1.165, 1.54) is 20.9 Å². The van der Waals surface area contributed by atoms with E-state index < -0.39 is 11.9 Å². The van der Waals surface area contributed by atoms with Gasteiger partial charge in [-0.3, -0.25) is 9.69 Å². The third-order valence-corrected chi connectivity index (χ3v) is 2.71. The van der Waals surface area contributed by atoms with E-state index in [2.05, 4.69) is 6.58 Å². The Bertz CT molecular complexity index is 327. The number of hydrogen-bond donors (Lipinski definition) is 1. The molecule has 0 saturated heterocycles. The fourth-order valence-corrected chi connectivity index (χ4v) is 1.37. The summed E-state index contributed by atoms with van der Waals surface area (Å²) in [4.78, 5) is 23.9. The zero-order chi connectivity index (χ0) is 14.3. The summed E-state index contributed by atoms with van der Waals surface area (Å²) in [6.07, 6.45) is 2.71. The van der Waals surface area contributed by atoms with Gasteiger partial charge < -0.3 is 9.84 Å². The van der Waals surface area contributed by atoms with Gasteiger partial charge in [-0.1, -0.05) is 26.3 Å². The molecule has 0 rings (SSSR count). The van der Waals surface area contributed by atoms with Crippen LogP contribution in [0.3, 0.4) is 0 Å². The lowest BCUT2D eigenvalue weighted by molar-refractivity contribution is -0.267. The van der Waals surface area contributed by atoms with E-state index >= 15 is 0 Å². The Hall–Kier alpha value is -1.36. The molecule has 0 radical (unpaired) electrons. The molecule has 0 aromatic carbocycles. The summed E-state index contributed by atoms with van der Waals surface area (Å²) in [5, 5.41) is 10.3. The van der Waals surface area contributed by atoms with E-state index in [4.69, 9.17) is 4.74 Å². The van der Waals surface area contributed by atoms with Gasteiger partial charge >= 0.3 is 5.97 Å². The maximum atomic E-state index is 11.5. The molecular formula is C13H23NO4. The average Bonchev–Trinajstić information content (AvgIpc) is 2.27. The predicted octanol–water partition coefficient (Wildman–Crippen LogP) is 1.81. The minimum Gasteiger partial charge on any atom is -0.410 e. The molecule has 0 fully saturated rings. The van der Waals surface area contributed by atoms with Crippen LogP contribution in [0.2, 0.25) is 0 Å². The van der Waals surface area contributed by atoms with Crippen molar-refractivity contribution in [3.63, 3.8) is 0 Å². The van der Waals surface area contributed by atoms with Gasteiger partial charge in [-0.2, -0.15) is 0 Å². The van der Waals surface area contributed by atoms with Crippen LogP contribution in [0.25, 0.3) is 0 Å². The molecule has 0 aromatic rings. The molecule has 0 aromatic heterocycles. The van der Waals surface area contributed by atoms with Gasteiger partial charge in [0.2, 0.25) is 5.91 Å². The first-order valence-corrected chi connectivity index (χ1v) is 6.10. The normalized spacial score (nSPS) is 13.6. The van der Waals surface area contributed by atoms with E-state index in [0.717, 1.165) is 17.7 Å². The summed E-state index contributed by atoms with van der Waals surface area (Å²) in [6.45, 7) is 8.27. The second-order valence-electron chi connectivity index (χ2n) is 4.45. The largest absolute Gasteiger partial charge is 0.410 e. The zero-order valence-corrected chi connectivity index (χ0v) is 11.7. The van der Waals surface area contributed by atoms with Crippen molar-refractivity contribution in [2.75, 3.05) is 7.05 Å². The number of carbonyl (C=O) groups is 2. The van der Waals surface area contributed by atoms with Crippen LogP contribution < -0.4 is 0 Å². The summed E-state index contributed by atoms with van der Waals surface area (Å²) in [5.41, 5.74) is 0.181. The Morgan fingerprint density at radius 1 is 1.33 bits per heavy atom. The van der Waals surface area contributed by atoms with Crippen LogP contribution >= 0.6 is 0 Å². The van der Waals surface area contributed by atoms with Gasteiger partial charge in [0.1, 0.15) is 0 Å². The predicted molar refractivity (Wildman–Crippen MR) is 68.4 cm³/mol. The lowest BCUT2D eigenvalue weighted by atomic mass is 10.1. The number of esters is 1. The van der Waals surface area contributed by atoms with Gasteiger partial charge in [0.15, 0.2) is 0 Å². The van der Waals surface area contributed by atoms with E-state index in [9.17, 15) is 14.7 Å². The maximum absolute atomic E-state index is 11.5. The minimum absolute atomic E-state index is 0.181. The number of unbranched alkanes of at least 4 members (excludes halogenated alkanes) is 2. The van der Waals surface area contributed by atoms with E-state index in [1.807, 2.05) is 6.92 Å². The summed E-state index contributed by atoms with van der Waals surface area (Å²) < 4.78 is 4.99. The number of ether oxygens (including phenoxy) is 1. The van der Waals surface area contributed by atoms with Crippen LogP contribution in [0.15, 0.2) is 12.2 Å². The lowest BCUT2D eigenvalue weighted by Gasteiger charge is -2.35. The first kappa shape index (κ1) is 16.6. The molecule has 5 heteroatoms. The Morgan fingerprint density at radius 3 is 2.28 bits per heavy atom. The first-order chi connectivity index (χ1) is 8.24. The molecule has 1 atom stereocenters. The number of aliphatic hydroxyl groups is 1. The highest BCUT2D eigenvalue weighted by Crippen LogP contribution is 2.22. The van der Waals surface area contributed by atoms with Gasteiger partial charge in [-0.25, -0.2) is 4.79 Å². The molecule has 5 nitrogen and oxygen atoms in total. The molecule has 0 heterocycles. The molecule has 1 amide bonds. The fourth-order valence-electron chi connectivity index (χ4n) is 1.37. The van der Waals surface area contributed by atoms with Crippen molar-refractivity contribution in [2.45, 2.75) is 52.4 Å². The molecule has 1 unspecified atom stereocenters. The summed E-state index contributed by atoms with van der Waals surface area (Å²) in [5.74, 6) is -2.97. The first-order valence-electron chi connectivity index (χ1n) is 6.10. The van der Waals surface area contributed by atoms with Gasteiger partial charge in [0, 0.05) is 26.0 Å². The van der Waals surface area contributed by atoms with Crippen molar-refractivity contribution in [3.8, 4) is 0 Å². The minimum atomic E-state index is -1.89. The molecule has 0 bridgehead atoms. The molecule has 1 N–H and O–H groups in total. The zero-order valence-electron chi connectivity index (χ0n) is 11.7. The second-order valence-corrected chi connectivity index (χ2v) is 4.45. The van der Waals surface area contributed by atoms with E-state index in [-0.39, 0.29) is 17.9 Å². The Kier molecular flexibility index (Phi) is 6.62. The van der Waals surface area contributed by atoms with Crippen molar-refractivity contribution in [3.05, 3.63) is 12.2 Å². The molecule has 0 spiro atoms. The third kappa shape index (κ3) is 4.87. The molecular weight excluding hydrogens is 234 g/mol. The Labute approximate surface area is 108 Å². The van der Waals surface area contributed by atoms with Gasteiger partial charge in [-0.05, 0) is 13.3 Å². The Balaban J connectivity index is 4.84. The van der Waals surface area contributed by atoms with Crippen LogP contribution in [0.1, 0.15) is 46.5 Å². The topological polar surface area (TPSA) is 66.8 Å². The molecule has 0 aliphatic rings. The monoisotopic (exact) mass is 257 g/mol. The Morgan fingerprint density at radius 2 is 1.89 bits per heavy atom. The standard InChI is InChI=1S/C13H23NO4/c1-6-7-8-9-13(17,14(5)11(4)15)18-12(16)10(2)3/h17H,2,6-9H2,1,3-5H3. The van der Waals surface area contributed by atoms with Crippen LogP contribution in [0.5, 0.6) is 0 Å². The number of rotatable bonds is 7.